The second-order valence-corrected chi connectivity index (χ2v) is 6.00. The summed E-state index contributed by atoms with van der Waals surface area (Å²) in [4.78, 5) is 11.3. The Balaban J connectivity index is 1.79. The first kappa shape index (κ1) is 22.4. The van der Waals surface area contributed by atoms with Crippen LogP contribution in [0.3, 0.4) is 0 Å². The predicted molar refractivity (Wildman–Crippen MR) is 101 cm³/mol. The van der Waals surface area contributed by atoms with Crippen LogP contribution in [0.25, 0.3) is 0 Å². The molecular weight excluding hydrogens is 389 g/mol. The highest BCUT2D eigenvalue weighted by Gasteiger charge is 2.30. The van der Waals surface area contributed by atoms with E-state index in [1.54, 1.807) is 12.1 Å². The molecule has 2 aromatic carbocycles. The van der Waals surface area contributed by atoms with Crippen molar-refractivity contribution < 1.29 is 32.2 Å². The van der Waals surface area contributed by atoms with Crippen molar-refractivity contribution in [3.63, 3.8) is 0 Å². The number of carbonyl (C=O) groups is 1. The van der Waals surface area contributed by atoms with E-state index in [0.29, 0.717) is 24.6 Å². The van der Waals surface area contributed by atoms with E-state index in [0.717, 1.165) is 17.7 Å². The Labute approximate surface area is 167 Å². The third kappa shape index (κ3) is 7.19. The molecule has 29 heavy (non-hydrogen) atoms. The molecule has 158 valence electrons. The molecule has 0 radical (unpaired) electrons. The predicted octanol–water partition coefficient (Wildman–Crippen LogP) is 3.01. The number of benzene rings is 2. The van der Waals surface area contributed by atoms with Crippen LogP contribution in [0.5, 0.6) is 17.2 Å². The Bertz CT molecular complexity index is 813. The van der Waals surface area contributed by atoms with Crippen molar-refractivity contribution in [3.05, 3.63) is 53.6 Å². The Morgan fingerprint density at radius 3 is 2.55 bits per heavy atom. The molecule has 0 unspecified atom stereocenters. The minimum Gasteiger partial charge on any atom is -0.493 e. The van der Waals surface area contributed by atoms with Gasteiger partial charge in [0.1, 0.15) is 12.4 Å². The molecule has 0 aliphatic heterocycles. The third-order valence-corrected chi connectivity index (χ3v) is 3.90. The molecule has 0 saturated heterocycles. The number of nitrogens with one attached hydrogen (secondary N) is 2. The zero-order valence-corrected chi connectivity index (χ0v) is 16.1. The van der Waals surface area contributed by atoms with Gasteiger partial charge in [-0.25, -0.2) is 0 Å². The average molecular weight is 412 g/mol. The zero-order chi connectivity index (χ0) is 21.3. The molecule has 0 aliphatic rings. The summed E-state index contributed by atoms with van der Waals surface area (Å²) in [6.07, 6.45) is -4.40. The maximum absolute atomic E-state index is 12.7. The average Bonchev–Trinajstić information content (AvgIpc) is 2.71. The van der Waals surface area contributed by atoms with Gasteiger partial charge in [-0.1, -0.05) is 12.1 Å². The summed E-state index contributed by atoms with van der Waals surface area (Å²) in [5.74, 6) is 0.862. The third-order valence-electron chi connectivity index (χ3n) is 3.90. The molecule has 2 rings (SSSR count). The molecule has 0 aromatic heterocycles. The van der Waals surface area contributed by atoms with Gasteiger partial charge in [-0.15, -0.1) is 0 Å². The molecule has 2 aromatic rings. The van der Waals surface area contributed by atoms with Crippen molar-refractivity contribution in [2.45, 2.75) is 12.7 Å². The lowest BCUT2D eigenvalue weighted by atomic mass is 10.2. The van der Waals surface area contributed by atoms with E-state index in [1.165, 1.54) is 26.3 Å². The summed E-state index contributed by atoms with van der Waals surface area (Å²) in [5, 5.41) is 5.60. The smallest absolute Gasteiger partial charge is 0.416 e. The topological polar surface area (TPSA) is 68.8 Å². The van der Waals surface area contributed by atoms with Gasteiger partial charge in [-0.3, -0.25) is 4.79 Å². The molecule has 6 nitrogen and oxygen atoms in total. The van der Waals surface area contributed by atoms with Gasteiger partial charge in [0.15, 0.2) is 18.1 Å². The van der Waals surface area contributed by atoms with E-state index in [-0.39, 0.29) is 24.9 Å². The van der Waals surface area contributed by atoms with Crippen LogP contribution in [0.15, 0.2) is 42.5 Å². The quantitative estimate of drug-likeness (QED) is 0.588. The van der Waals surface area contributed by atoms with Crippen molar-refractivity contribution in [2.24, 2.45) is 0 Å². The van der Waals surface area contributed by atoms with Crippen molar-refractivity contribution >= 4 is 5.91 Å². The fraction of sp³-hybridized carbons (Fsp3) is 0.350. The molecule has 0 bridgehead atoms. The summed E-state index contributed by atoms with van der Waals surface area (Å²) in [5.41, 5.74) is 0.169. The number of likely N-dealkylation sites (N-methyl/N-ethyl adjacent to an activating group) is 1. The molecule has 0 aliphatic carbocycles. The number of methoxy groups -OCH3 is 1. The van der Waals surface area contributed by atoms with Gasteiger partial charge in [-0.05, 0) is 35.9 Å². The lowest BCUT2D eigenvalue weighted by Crippen LogP contribution is -2.25. The Hall–Kier alpha value is -2.94. The van der Waals surface area contributed by atoms with Crippen molar-refractivity contribution in [1.82, 2.24) is 10.6 Å². The number of halogens is 3. The standard InChI is InChI=1S/C20H23F3N2O4/c1-24-19(26)13-29-17-7-6-14(10-18(17)27-2)12-25-8-9-28-16-5-3-4-15(11-16)20(21,22)23/h3-7,10-11,25H,8-9,12-13H2,1-2H3,(H,24,26). The summed E-state index contributed by atoms with van der Waals surface area (Å²) in [6.45, 7) is 1.04. The van der Waals surface area contributed by atoms with Crippen LogP contribution in [0.2, 0.25) is 0 Å². The second kappa shape index (κ2) is 10.6. The maximum Gasteiger partial charge on any atom is 0.416 e. The van der Waals surface area contributed by atoms with Crippen LogP contribution >= 0.6 is 0 Å². The summed E-state index contributed by atoms with van der Waals surface area (Å²) >= 11 is 0. The molecule has 0 saturated carbocycles. The monoisotopic (exact) mass is 412 g/mol. The van der Waals surface area contributed by atoms with Gasteiger partial charge in [0.05, 0.1) is 12.7 Å². The van der Waals surface area contributed by atoms with Gasteiger partial charge in [0.25, 0.3) is 5.91 Å². The first-order valence-electron chi connectivity index (χ1n) is 8.84. The maximum atomic E-state index is 12.7. The van der Waals surface area contributed by atoms with E-state index < -0.39 is 11.7 Å². The number of amides is 1. The summed E-state index contributed by atoms with van der Waals surface area (Å²) < 4.78 is 54.1. The van der Waals surface area contributed by atoms with Crippen LogP contribution in [-0.2, 0) is 17.5 Å². The minimum absolute atomic E-state index is 0.114. The molecular formula is C20H23F3N2O4. The van der Waals surface area contributed by atoms with E-state index in [2.05, 4.69) is 10.6 Å². The van der Waals surface area contributed by atoms with Gasteiger partial charge in [-0.2, -0.15) is 13.2 Å². The van der Waals surface area contributed by atoms with E-state index in [9.17, 15) is 18.0 Å². The fourth-order valence-corrected chi connectivity index (χ4v) is 2.39. The van der Waals surface area contributed by atoms with Gasteiger partial charge < -0.3 is 24.8 Å². The molecule has 0 spiro atoms. The molecule has 0 heterocycles. The largest absolute Gasteiger partial charge is 0.493 e. The van der Waals surface area contributed by atoms with Gasteiger partial charge in [0.2, 0.25) is 0 Å². The lowest BCUT2D eigenvalue weighted by Gasteiger charge is -2.13. The molecule has 0 fully saturated rings. The number of alkyl halides is 3. The SMILES string of the molecule is CNC(=O)COc1ccc(CNCCOc2cccc(C(F)(F)F)c2)cc1OC. The van der Waals surface area contributed by atoms with E-state index in [1.807, 2.05) is 6.07 Å². The highest BCUT2D eigenvalue weighted by molar-refractivity contribution is 5.77. The van der Waals surface area contributed by atoms with Crippen molar-refractivity contribution in [2.75, 3.05) is 33.9 Å². The molecule has 9 heteroatoms. The number of hydrogen-bond donors (Lipinski definition) is 2. The van der Waals surface area contributed by atoms with Crippen LogP contribution in [0.4, 0.5) is 13.2 Å². The number of carbonyl (C=O) groups excluding carboxylic acids is 1. The number of hydrogen-bond acceptors (Lipinski definition) is 5. The summed E-state index contributed by atoms with van der Waals surface area (Å²) in [6, 6.07) is 10.1. The summed E-state index contributed by atoms with van der Waals surface area (Å²) in [7, 11) is 3.02. The van der Waals surface area contributed by atoms with Crippen molar-refractivity contribution in [3.8, 4) is 17.2 Å². The molecule has 0 atom stereocenters. The van der Waals surface area contributed by atoms with Gasteiger partial charge >= 0.3 is 6.18 Å². The number of ether oxygens (including phenoxy) is 3. The van der Waals surface area contributed by atoms with Gasteiger partial charge in [0, 0.05) is 20.1 Å². The fourth-order valence-electron chi connectivity index (χ4n) is 2.39. The minimum atomic E-state index is -4.40. The first-order valence-corrected chi connectivity index (χ1v) is 8.84. The number of rotatable bonds is 10. The van der Waals surface area contributed by atoms with E-state index >= 15 is 0 Å². The lowest BCUT2D eigenvalue weighted by molar-refractivity contribution is -0.137. The second-order valence-electron chi connectivity index (χ2n) is 6.00. The van der Waals surface area contributed by atoms with E-state index in [4.69, 9.17) is 14.2 Å². The Morgan fingerprint density at radius 2 is 1.86 bits per heavy atom. The highest BCUT2D eigenvalue weighted by Crippen LogP contribution is 2.31. The van der Waals surface area contributed by atoms with Crippen LogP contribution in [-0.4, -0.2) is 39.8 Å². The normalized spacial score (nSPS) is 11.1. The first-order chi connectivity index (χ1) is 13.8. The zero-order valence-electron chi connectivity index (χ0n) is 16.1. The van der Waals surface area contributed by atoms with Crippen molar-refractivity contribution in [1.29, 1.82) is 0 Å². The Kier molecular flexibility index (Phi) is 8.14. The van der Waals surface area contributed by atoms with Crippen LogP contribution < -0.4 is 24.8 Å². The van der Waals surface area contributed by atoms with Crippen LogP contribution in [0, 0.1) is 0 Å². The molecule has 1 amide bonds. The molecule has 2 N–H and O–H groups in total. The Morgan fingerprint density at radius 1 is 1.07 bits per heavy atom. The highest BCUT2D eigenvalue weighted by atomic mass is 19.4. The van der Waals surface area contributed by atoms with Crippen LogP contribution in [0.1, 0.15) is 11.1 Å².